The van der Waals surface area contributed by atoms with Crippen molar-refractivity contribution in [3.05, 3.63) is 34.5 Å². The molecule has 0 spiro atoms. The summed E-state index contributed by atoms with van der Waals surface area (Å²) < 4.78 is 0. The molecule has 3 rings (SSSR count). The highest BCUT2D eigenvalue weighted by Crippen LogP contribution is 2.36. The van der Waals surface area contributed by atoms with Gasteiger partial charge >= 0.3 is 0 Å². The van der Waals surface area contributed by atoms with Crippen LogP contribution in [0.1, 0.15) is 30.5 Å². The first-order chi connectivity index (χ1) is 10.7. The van der Waals surface area contributed by atoms with Crippen molar-refractivity contribution in [1.29, 1.82) is 0 Å². The maximum absolute atomic E-state index is 6.35. The summed E-state index contributed by atoms with van der Waals surface area (Å²) in [6.07, 6.45) is 5.80. The second kappa shape index (κ2) is 6.84. The van der Waals surface area contributed by atoms with E-state index in [2.05, 4.69) is 30.4 Å². The lowest BCUT2D eigenvalue weighted by Gasteiger charge is -2.16. The van der Waals surface area contributed by atoms with Crippen LogP contribution in [-0.4, -0.2) is 37.1 Å². The van der Waals surface area contributed by atoms with E-state index in [0.29, 0.717) is 0 Å². The molecule has 1 aromatic carbocycles. The number of para-hydroxylation sites is 1. The number of rotatable bonds is 6. The van der Waals surface area contributed by atoms with E-state index < -0.39 is 0 Å². The number of halogens is 1. The highest BCUT2D eigenvalue weighted by atomic mass is 35.5. The molecule has 0 amide bonds. The first-order valence-corrected chi connectivity index (χ1v) is 8.53. The van der Waals surface area contributed by atoms with E-state index in [1.807, 2.05) is 12.1 Å². The van der Waals surface area contributed by atoms with Gasteiger partial charge in [-0.1, -0.05) is 23.7 Å². The number of fused-ring (bicyclic) bond motifs is 2. The maximum Gasteiger partial charge on any atom is 0.0912 e. The average molecular weight is 318 g/mol. The van der Waals surface area contributed by atoms with Crippen molar-refractivity contribution in [2.75, 3.05) is 32.5 Å². The standard InChI is InChI=1S/C18H24ClN3/c1-22(2)12-4-3-11-20-17-13-7-6-10-16(13)21-18-14(17)8-5-9-15(18)19/h5,8-9H,3-4,6-7,10-12H2,1-2H3,(H,20,21). The topological polar surface area (TPSA) is 28.2 Å². The molecular formula is C18H24ClN3. The molecule has 1 N–H and O–H groups in total. The molecular weight excluding hydrogens is 294 g/mol. The van der Waals surface area contributed by atoms with Crippen molar-refractivity contribution < 1.29 is 0 Å². The van der Waals surface area contributed by atoms with Crippen molar-refractivity contribution in [1.82, 2.24) is 9.88 Å². The van der Waals surface area contributed by atoms with Crippen LogP contribution in [0, 0.1) is 0 Å². The quantitative estimate of drug-likeness (QED) is 0.812. The Balaban J connectivity index is 1.83. The predicted octanol–water partition coefficient (Wildman–Crippen LogP) is 4.13. The zero-order valence-electron chi connectivity index (χ0n) is 13.5. The van der Waals surface area contributed by atoms with Crippen LogP contribution in [0.4, 0.5) is 5.69 Å². The highest BCUT2D eigenvalue weighted by Gasteiger charge is 2.20. The Hall–Kier alpha value is -1.32. The summed E-state index contributed by atoms with van der Waals surface area (Å²) in [6, 6.07) is 6.08. The second-order valence-corrected chi connectivity index (χ2v) is 6.75. The molecule has 1 aliphatic rings. The number of aryl methyl sites for hydroxylation is 1. The third-order valence-corrected chi connectivity index (χ3v) is 4.63. The molecule has 0 aliphatic heterocycles. The van der Waals surface area contributed by atoms with Crippen molar-refractivity contribution >= 4 is 28.2 Å². The SMILES string of the molecule is CN(C)CCCCNc1c2c(nc3c(Cl)cccc13)CCC2. The predicted molar refractivity (Wildman–Crippen MR) is 95.1 cm³/mol. The monoisotopic (exact) mass is 317 g/mol. The summed E-state index contributed by atoms with van der Waals surface area (Å²) in [5, 5.41) is 5.59. The Bertz CT molecular complexity index is 667. The molecule has 1 aromatic heterocycles. The molecule has 1 aliphatic carbocycles. The fraction of sp³-hybridized carbons (Fsp3) is 0.500. The van der Waals surface area contributed by atoms with E-state index in [-0.39, 0.29) is 0 Å². The minimum Gasteiger partial charge on any atom is -0.384 e. The Morgan fingerprint density at radius 2 is 2.09 bits per heavy atom. The number of unbranched alkanes of at least 4 members (excludes halogenated alkanes) is 1. The van der Waals surface area contributed by atoms with Gasteiger partial charge in [0.1, 0.15) is 0 Å². The zero-order valence-corrected chi connectivity index (χ0v) is 14.2. The number of aromatic nitrogens is 1. The molecule has 0 bridgehead atoms. The third-order valence-electron chi connectivity index (χ3n) is 4.33. The van der Waals surface area contributed by atoms with Crippen molar-refractivity contribution in [3.63, 3.8) is 0 Å². The van der Waals surface area contributed by atoms with Crippen LogP contribution in [0.15, 0.2) is 18.2 Å². The number of benzene rings is 1. The Kier molecular flexibility index (Phi) is 4.84. The van der Waals surface area contributed by atoms with Gasteiger partial charge in [0.25, 0.3) is 0 Å². The molecule has 0 saturated heterocycles. The molecule has 0 atom stereocenters. The Labute approximate surface area is 137 Å². The summed E-state index contributed by atoms with van der Waals surface area (Å²) in [5.74, 6) is 0. The molecule has 1 heterocycles. The van der Waals surface area contributed by atoms with Crippen molar-refractivity contribution in [2.24, 2.45) is 0 Å². The van der Waals surface area contributed by atoms with E-state index in [4.69, 9.17) is 16.6 Å². The van der Waals surface area contributed by atoms with Gasteiger partial charge in [-0.2, -0.15) is 0 Å². The minimum absolute atomic E-state index is 0.753. The molecule has 0 saturated carbocycles. The normalized spacial score (nSPS) is 13.8. The number of nitrogens with one attached hydrogen (secondary N) is 1. The summed E-state index contributed by atoms with van der Waals surface area (Å²) in [5.41, 5.74) is 4.85. The first-order valence-electron chi connectivity index (χ1n) is 8.15. The number of nitrogens with zero attached hydrogens (tertiary/aromatic N) is 2. The van der Waals surface area contributed by atoms with Crippen LogP contribution in [0.2, 0.25) is 5.02 Å². The molecule has 2 aromatic rings. The van der Waals surface area contributed by atoms with Gasteiger partial charge in [0, 0.05) is 23.3 Å². The fourth-order valence-corrected chi connectivity index (χ4v) is 3.43. The van der Waals surface area contributed by atoms with E-state index in [0.717, 1.165) is 36.5 Å². The van der Waals surface area contributed by atoms with Gasteiger partial charge in [-0.05, 0) is 64.4 Å². The van der Waals surface area contributed by atoms with Gasteiger partial charge in [0.05, 0.1) is 10.5 Å². The van der Waals surface area contributed by atoms with Gasteiger partial charge in [-0.15, -0.1) is 0 Å². The van der Waals surface area contributed by atoms with Gasteiger partial charge in [-0.3, -0.25) is 4.98 Å². The Morgan fingerprint density at radius 1 is 1.23 bits per heavy atom. The summed E-state index contributed by atoms with van der Waals surface area (Å²) in [7, 11) is 4.25. The number of anilines is 1. The molecule has 3 nitrogen and oxygen atoms in total. The highest BCUT2D eigenvalue weighted by molar-refractivity contribution is 6.35. The molecule has 118 valence electrons. The Morgan fingerprint density at radius 3 is 2.91 bits per heavy atom. The summed E-state index contributed by atoms with van der Waals surface area (Å²) >= 11 is 6.35. The summed E-state index contributed by atoms with van der Waals surface area (Å²) in [6.45, 7) is 2.15. The lowest BCUT2D eigenvalue weighted by molar-refractivity contribution is 0.396. The smallest absolute Gasteiger partial charge is 0.0912 e. The number of hydrogen-bond donors (Lipinski definition) is 1. The van der Waals surface area contributed by atoms with E-state index >= 15 is 0 Å². The molecule has 4 heteroatoms. The third kappa shape index (κ3) is 3.21. The van der Waals surface area contributed by atoms with Crippen molar-refractivity contribution in [3.8, 4) is 0 Å². The van der Waals surface area contributed by atoms with E-state index in [1.165, 1.54) is 41.6 Å². The molecule has 0 fully saturated rings. The van der Waals surface area contributed by atoms with Crippen LogP contribution >= 0.6 is 11.6 Å². The molecule has 22 heavy (non-hydrogen) atoms. The van der Waals surface area contributed by atoms with Gasteiger partial charge in [0.2, 0.25) is 0 Å². The number of pyridine rings is 1. The van der Waals surface area contributed by atoms with Crippen LogP contribution in [0.3, 0.4) is 0 Å². The average Bonchev–Trinajstić information content (AvgIpc) is 2.95. The zero-order chi connectivity index (χ0) is 15.5. The van der Waals surface area contributed by atoms with Crippen LogP contribution in [-0.2, 0) is 12.8 Å². The van der Waals surface area contributed by atoms with Crippen LogP contribution in [0.25, 0.3) is 10.9 Å². The van der Waals surface area contributed by atoms with E-state index in [9.17, 15) is 0 Å². The summed E-state index contributed by atoms with van der Waals surface area (Å²) in [4.78, 5) is 7.04. The lowest BCUT2D eigenvalue weighted by Crippen LogP contribution is -2.14. The van der Waals surface area contributed by atoms with Gasteiger partial charge in [0.15, 0.2) is 0 Å². The van der Waals surface area contributed by atoms with Crippen LogP contribution in [0.5, 0.6) is 0 Å². The second-order valence-electron chi connectivity index (χ2n) is 6.34. The number of hydrogen-bond acceptors (Lipinski definition) is 3. The fourth-order valence-electron chi connectivity index (χ4n) is 3.22. The largest absolute Gasteiger partial charge is 0.384 e. The van der Waals surface area contributed by atoms with E-state index in [1.54, 1.807) is 0 Å². The maximum atomic E-state index is 6.35. The molecule has 0 radical (unpaired) electrons. The van der Waals surface area contributed by atoms with Crippen molar-refractivity contribution in [2.45, 2.75) is 32.1 Å². The lowest BCUT2D eigenvalue weighted by atomic mass is 10.1. The van der Waals surface area contributed by atoms with Gasteiger partial charge < -0.3 is 10.2 Å². The first kappa shape index (κ1) is 15.6. The minimum atomic E-state index is 0.753. The molecule has 0 unspecified atom stereocenters. The van der Waals surface area contributed by atoms with Crippen LogP contribution < -0.4 is 5.32 Å². The van der Waals surface area contributed by atoms with Gasteiger partial charge in [-0.25, -0.2) is 0 Å².